The Kier molecular flexibility index (Phi) is 5.60. The Morgan fingerprint density at radius 3 is 2.65 bits per heavy atom. The zero-order chi connectivity index (χ0) is 14.4. The molecule has 1 aromatic carbocycles. The summed E-state index contributed by atoms with van der Waals surface area (Å²) >= 11 is 0. The molecule has 1 saturated carbocycles. The minimum absolute atomic E-state index is 0.244. The molecule has 3 nitrogen and oxygen atoms in total. The van der Waals surface area contributed by atoms with Gasteiger partial charge in [0.15, 0.2) is 0 Å². The largest absolute Gasteiger partial charge is 0.465 e. The Balaban J connectivity index is 1.96. The van der Waals surface area contributed by atoms with Crippen molar-refractivity contribution in [1.82, 2.24) is 4.90 Å². The first kappa shape index (κ1) is 15.0. The van der Waals surface area contributed by atoms with E-state index in [1.165, 1.54) is 39.2 Å². The van der Waals surface area contributed by atoms with Crippen molar-refractivity contribution in [3.63, 3.8) is 0 Å². The van der Waals surface area contributed by atoms with E-state index in [0.29, 0.717) is 5.56 Å². The van der Waals surface area contributed by atoms with Gasteiger partial charge in [0.25, 0.3) is 0 Å². The SMILES string of the molecule is COC(=O)c1ccccc1CN(C)CC1CCCCC1. The maximum Gasteiger partial charge on any atom is 0.338 e. The molecule has 0 spiro atoms. The van der Waals surface area contributed by atoms with Gasteiger partial charge in [0, 0.05) is 13.1 Å². The highest BCUT2D eigenvalue weighted by atomic mass is 16.5. The summed E-state index contributed by atoms with van der Waals surface area (Å²) in [6.45, 7) is 1.93. The number of hydrogen-bond donors (Lipinski definition) is 0. The molecule has 0 aromatic heterocycles. The second-order valence-electron chi connectivity index (χ2n) is 5.85. The third-order valence-corrected chi connectivity index (χ3v) is 4.16. The van der Waals surface area contributed by atoms with Crippen LogP contribution in [-0.4, -0.2) is 31.6 Å². The molecule has 1 aromatic rings. The number of carbonyl (C=O) groups excluding carboxylic acids is 1. The van der Waals surface area contributed by atoms with Crippen molar-refractivity contribution in [1.29, 1.82) is 0 Å². The van der Waals surface area contributed by atoms with Crippen LogP contribution in [0.25, 0.3) is 0 Å². The lowest BCUT2D eigenvalue weighted by molar-refractivity contribution is 0.0598. The van der Waals surface area contributed by atoms with Crippen LogP contribution < -0.4 is 0 Å². The molecule has 0 N–H and O–H groups in total. The van der Waals surface area contributed by atoms with Crippen molar-refractivity contribution in [2.45, 2.75) is 38.6 Å². The van der Waals surface area contributed by atoms with Crippen molar-refractivity contribution < 1.29 is 9.53 Å². The molecule has 0 unspecified atom stereocenters. The third-order valence-electron chi connectivity index (χ3n) is 4.16. The van der Waals surface area contributed by atoms with E-state index in [-0.39, 0.29) is 5.97 Å². The lowest BCUT2D eigenvalue weighted by Crippen LogP contribution is -2.27. The molecule has 0 saturated heterocycles. The molecular formula is C17H25NO2. The van der Waals surface area contributed by atoms with Gasteiger partial charge in [0.1, 0.15) is 0 Å². The molecule has 0 aliphatic heterocycles. The second-order valence-corrected chi connectivity index (χ2v) is 5.85. The molecule has 0 amide bonds. The molecule has 1 aliphatic rings. The summed E-state index contributed by atoms with van der Waals surface area (Å²) in [4.78, 5) is 14.1. The summed E-state index contributed by atoms with van der Waals surface area (Å²) < 4.78 is 4.85. The van der Waals surface area contributed by atoms with Crippen molar-refractivity contribution >= 4 is 5.97 Å². The molecule has 2 rings (SSSR count). The van der Waals surface area contributed by atoms with Crippen LogP contribution in [0.3, 0.4) is 0 Å². The summed E-state index contributed by atoms with van der Waals surface area (Å²) in [6.07, 6.45) is 6.84. The maximum atomic E-state index is 11.8. The van der Waals surface area contributed by atoms with Gasteiger partial charge in [-0.05, 0) is 37.4 Å². The summed E-state index contributed by atoms with van der Waals surface area (Å²) in [5, 5.41) is 0. The number of hydrogen-bond acceptors (Lipinski definition) is 3. The number of nitrogens with zero attached hydrogens (tertiary/aromatic N) is 1. The van der Waals surface area contributed by atoms with Crippen LogP contribution in [0.4, 0.5) is 0 Å². The van der Waals surface area contributed by atoms with Crippen LogP contribution in [-0.2, 0) is 11.3 Å². The Hall–Kier alpha value is -1.35. The van der Waals surface area contributed by atoms with Gasteiger partial charge in [0.05, 0.1) is 12.7 Å². The summed E-state index contributed by atoms with van der Waals surface area (Å²) in [5.74, 6) is 0.575. The van der Waals surface area contributed by atoms with Gasteiger partial charge in [-0.1, -0.05) is 37.5 Å². The van der Waals surface area contributed by atoms with Gasteiger partial charge in [0.2, 0.25) is 0 Å². The minimum atomic E-state index is -0.244. The van der Waals surface area contributed by atoms with Gasteiger partial charge < -0.3 is 9.64 Å². The number of ether oxygens (including phenoxy) is 1. The summed E-state index contributed by atoms with van der Waals surface area (Å²) in [6, 6.07) is 7.73. The topological polar surface area (TPSA) is 29.5 Å². The predicted octanol–water partition coefficient (Wildman–Crippen LogP) is 3.49. The number of rotatable bonds is 5. The molecule has 0 bridgehead atoms. The monoisotopic (exact) mass is 275 g/mol. The quantitative estimate of drug-likeness (QED) is 0.770. The lowest BCUT2D eigenvalue weighted by Gasteiger charge is -2.27. The normalized spacial score (nSPS) is 16.4. The van der Waals surface area contributed by atoms with E-state index in [1.54, 1.807) is 0 Å². The molecule has 0 heterocycles. The lowest BCUT2D eigenvalue weighted by atomic mass is 9.89. The van der Waals surface area contributed by atoms with Crippen molar-refractivity contribution in [2.24, 2.45) is 5.92 Å². The fourth-order valence-electron chi connectivity index (χ4n) is 3.13. The van der Waals surface area contributed by atoms with E-state index < -0.39 is 0 Å². The van der Waals surface area contributed by atoms with Gasteiger partial charge in [-0.3, -0.25) is 0 Å². The third kappa shape index (κ3) is 4.07. The number of methoxy groups -OCH3 is 1. The Morgan fingerprint density at radius 2 is 1.95 bits per heavy atom. The first-order valence-corrected chi connectivity index (χ1v) is 7.55. The highest BCUT2D eigenvalue weighted by Crippen LogP contribution is 2.24. The molecule has 1 fully saturated rings. The molecule has 0 atom stereocenters. The summed E-state index contributed by atoms with van der Waals surface area (Å²) in [7, 11) is 3.58. The van der Waals surface area contributed by atoms with E-state index in [9.17, 15) is 4.79 Å². The average molecular weight is 275 g/mol. The molecule has 3 heteroatoms. The second kappa shape index (κ2) is 7.44. The minimum Gasteiger partial charge on any atom is -0.465 e. The zero-order valence-corrected chi connectivity index (χ0v) is 12.6. The Bertz CT molecular complexity index is 438. The number of carbonyl (C=O) groups is 1. The zero-order valence-electron chi connectivity index (χ0n) is 12.6. The first-order valence-electron chi connectivity index (χ1n) is 7.55. The van der Waals surface area contributed by atoms with Crippen LogP contribution in [0.1, 0.15) is 48.0 Å². The Labute approximate surface area is 121 Å². The van der Waals surface area contributed by atoms with Crippen LogP contribution in [0.5, 0.6) is 0 Å². The first-order chi connectivity index (χ1) is 9.70. The van der Waals surface area contributed by atoms with Crippen LogP contribution in [0.2, 0.25) is 0 Å². The van der Waals surface area contributed by atoms with Gasteiger partial charge in [-0.25, -0.2) is 4.79 Å². The molecule has 20 heavy (non-hydrogen) atoms. The molecule has 0 radical (unpaired) electrons. The van der Waals surface area contributed by atoms with Crippen LogP contribution in [0, 0.1) is 5.92 Å². The number of esters is 1. The predicted molar refractivity (Wildman–Crippen MR) is 80.7 cm³/mol. The molecular weight excluding hydrogens is 250 g/mol. The van der Waals surface area contributed by atoms with Crippen molar-refractivity contribution in [3.8, 4) is 0 Å². The number of benzene rings is 1. The van der Waals surface area contributed by atoms with Crippen molar-refractivity contribution in [3.05, 3.63) is 35.4 Å². The Morgan fingerprint density at radius 1 is 1.25 bits per heavy atom. The smallest absolute Gasteiger partial charge is 0.338 e. The summed E-state index contributed by atoms with van der Waals surface area (Å²) in [5.41, 5.74) is 1.74. The van der Waals surface area contributed by atoms with Gasteiger partial charge >= 0.3 is 5.97 Å². The highest BCUT2D eigenvalue weighted by molar-refractivity contribution is 5.90. The standard InChI is InChI=1S/C17H25NO2/c1-18(12-14-8-4-3-5-9-14)13-15-10-6-7-11-16(15)17(19)20-2/h6-7,10-11,14H,3-5,8-9,12-13H2,1-2H3. The van der Waals surface area contributed by atoms with Crippen molar-refractivity contribution in [2.75, 3.05) is 20.7 Å². The fourth-order valence-corrected chi connectivity index (χ4v) is 3.13. The van der Waals surface area contributed by atoms with Gasteiger partial charge in [-0.2, -0.15) is 0 Å². The van der Waals surface area contributed by atoms with E-state index in [4.69, 9.17) is 4.74 Å². The highest BCUT2D eigenvalue weighted by Gasteiger charge is 2.17. The molecule has 1 aliphatic carbocycles. The van der Waals surface area contributed by atoms with Crippen LogP contribution in [0.15, 0.2) is 24.3 Å². The van der Waals surface area contributed by atoms with E-state index in [1.807, 2.05) is 24.3 Å². The van der Waals surface area contributed by atoms with E-state index >= 15 is 0 Å². The molecule has 110 valence electrons. The van der Waals surface area contributed by atoms with E-state index in [0.717, 1.165) is 24.6 Å². The maximum absolute atomic E-state index is 11.8. The van der Waals surface area contributed by atoms with Gasteiger partial charge in [-0.15, -0.1) is 0 Å². The van der Waals surface area contributed by atoms with E-state index in [2.05, 4.69) is 11.9 Å². The average Bonchev–Trinajstić information content (AvgIpc) is 2.48. The van der Waals surface area contributed by atoms with Crippen LogP contribution >= 0.6 is 0 Å². The fraction of sp³-hybridized carbons (Fsp3) is 0.588.